The van der Waals surface area contributed by atoms with Gasteiger partial charge in [-0.05, 0) is 49.7 Å². The number of carbonyl (C=O) groups is 1. The number of benzene rings is 2. The van der Waals surface area contributed by atoms with Crippen molar-refractivity contribution in [2.45, 2.75) is 24.8 Å². The van der Waals surface area contributed by atoms with Gasteiger partial charge in [0, 0.05) is 32.0 Å². The van der Waals surface area contributed by atoms with Crippen LogP contribution in [-0.2, 0) is 21.4 Å². The molecule has 1 aromatic heterocycles. The minimum absolute atomic E-state index is 0.107. The molecular weight excluding hydrogens is 416 g/mol. The summed E-state index contributed by atoms with van der Waals surface area (Å²) in [7, 11) is -3.65. The summed E-state index contributed by atoms with van der Waals surface area (Å²) >= 11 is 0. The maximum atomic E-state index is 12.9. The number of amides is 1. The molecule has 3 rings (SSSR count). The topological polar surface area (TPSA) is 93.5 Å². The number of imidazole rings is 1. The number of aromatic nitrogens is 2. The van der Waals surface area contributed by atoms with Crippen molar-refractivity contribution < 1.29 is 17.9 Å². The van der Waals surface area contributed by atoms with Crippen LogP contribution in [0.15, 0.2) is 78.2 Å². The van der Waals surface area contributed by atoms with Gasteiger partial charge in [-0.2, -0.15) is 0 Å². The van der Waals surface area contributed by atoms with Crippen LogP contribution in [0.3, 0.4) is 0 Å². The zero-order valence-electron chi connectivity index (χ0n) is 17.3. The lowest BCUT2D eigenvalue weighted by Crippen LogP contribution is -2.31. The van der Waals surface area contributed by atoms with Gasteiger partial charge in [-0.15, -0.1) is 0 Å². The Kier molecular flexibility index (Phi) is 7.66. The predicted octanol–water partition coefficient (Wildman–Crippen LogP) is 2.68. The number of carbonyl (C=O) groups excluding carboxylic acids is 1. The van der Waals surface area contributed by atoms with E-state index in [4.69, 9.17) is 4.74 Å². The van der Waals surface area contributed by atoms with E-state index in [2.05, 4.69) is 10.3 Å². The second-order valence-electron chi connectivity index (χ2n) is 6.77. The number of aryl methyl sites for hydroxylation is 1. The summed E-state index contributed by atoms with van der Waals surface area (Å²) in [6, 6.07) is 15.0. The van der Waals surface area contributed by atoms with Crippen LogP contribution in [0.1, 0.15) is 13.3 Å². The van der Waals surface area contributed by atoms with E-state index >= 15 is 0 Å². The van der Waals surface area contributed by atoms with E-state index in [0.717, 1.165) is 13.0 Å². The Morgan fingerprint density at radius 2 is 1.87 bits per heavy atom. The van der Waals surface area contributed by atoms with Crippen molar-refractivity contribution in [3.63, 3.8) is 0 Å². The van der Waals surface area contributed by atoms with Gasteiger partial charge in [-0.3, -0.25) is 9.10 Å². The normalized spacial score (nSPS) is 11.1. The van der Waals surface area contributed by atoms with Crippen molar-refractivity contribution >= 4 is 21.6 Å². The molecule has 8 nitrogen and oxygen atoms in total. The number of nitrogens with one attached hydrogen (secondary N) is 1. The average Bonchev–Trinajstić information content (AvgIpc) is 3.31. The highest BCUT2D eigenvalue weighted by molar-refractivity contribution is 7.92. The van der Waals surface area contributed by atoms with Crippen molar-refractivity contribution in [1.29, 1.82) is 0 Å². The molecule has 3 aromatic rings. The first kappa shape index (κ1) is 22.4. The molecule has 0 spiro atoms. The lowest BCUT2D eigenvalue weighted by atomic mass is 10.3. The van der Waals surface area contributed by atoms with Crippen molar-refractivity contribution in [3.8, 4) is 5.75 Å². The highest BCUT2D eigenvalue weighted by atomic mass is 32.2. The van der Waals surface area contributed by atoms with E-state index in [-0.39, 0.29) is 17.4 Å². The number of hydrogen-bond acceptors (Lipinski definition) is 5. The molecule has 0 fully saturated rings. The fourth-order valence-corrected chi connectivity index (χ4v) is 4.52. The number of hydrogen-bond donors (Lipinski definition) is 1. The number of rotatable bonds is 11. The molecule has 1 N–H and O–H groups in total. The first-order valence-electron chi connectivity index (χ1n) is 10.0. The zero-order chi connectivity index (χ0) is 22.1. The van der Waals surface area contributed by atoms with Crippen LogP contribution in [0, 0.1) is 0 Å². The second kappa shape index (κ2) is 10.6. The summed E-state index contributed by atoms with van der Waals surface area (Å²) in [6.45, 7) is 3.29. The molecule has 0 bridgehead atoms. The lowest BCUT2D eigenvalue weighted by molar-refractivity contribution is -0.123. The lowest BCUT2D eigenvalue weighted by Gasteiger charge is -2.23. The van der Waals surface area contributed by atoms with Crippen molar-refractivity contribution in [1.82, 2.24) is 14.9 Å². The standard InChI is InChI=1S/C22H26N4O4S/c1-2-26(31(28,29)21-7-4-3-5-8-21)19-9-11-20(12-10-19)30-17-22(27)24-13-6-15-25-16-14-23-18-25/h3-5,7-12,14,16,18H,2,6,13,15,17H2,1H3,(H,24,27). The number of sulfonamides is 1. The van der Waals surface area contributed by atoms with E-state index in [0.29, 0.717) is 24.5 Å². The Labute approximate surface area is 182 Å². The maximum Gasteiger partial charge on any atom is 0.264 e. The molecule has 1 heterocycles. The maximum absolute atomic E-state index is 12.9. The molecule has 0 aliphatic heterocycles. The Hall–Kier alpha value is -3.33. The van der Waals surface area contributed by atoms with Crippen LogP contribution in [0.4, 0.5) is 5.69 Å². The van der Waals surface area contributed by atoms with Crippen LogP contribution in [0.25, 0.3) is 0 Å². The molecule has 0 radical (unpaired) electrons. The molecule has 0 aliphatic carbocycles. The Morgan fingerprint density at radius 3 is 2.52 bits per heavy atom. The van der Waals surface area contributed by atoms with Gasteiger partial charge in [-0.25, -0.2) is 13.4 Å². The molecule has 0 aliphatic rings. The van der Waals surface area contributed by atoms with Crippen molar-refractivity contribution in [2.24, 2.45) is 0 Å². The Morgan fingerprint density at radius 1 is 1.13 bits per heavy atom. The van der Waals surface area contributed by atoms with E-state index in [1.807, 2.05) is 10.8 Å². The molecule has 31 heavy (non-hydrogen) atoms. The van der Waals surface area contributed by atoms with E-state index in [9.17, 15) is 13.2 Å². The molecular formula is C22H26N4O4S. The van der Waals surface area contributed by atoms with Gasteiger partial charge in [0.2, 0.25) is 0 Å². The summed E-state index contributed by atoms with van der Waals surface area (Å²) in [6.07, 6.45) is 6.12. The average molecular weight is 443 g/mol. The third-order valence-electron chi connectivity index (χ3n) is 4.59. The van der Waals surface area contributed by atoms with Gasteiger partial charge in [0.1, 0.15) is 5.75 Å². The number of ether oxygens (including phenoxy) is 1. The van der Waals surface area contributed by atoms with Gasteiger partial charge in [0.15, 0.2) is 6.61 Å². The Bertz CT molecular complexity index is 1050. The summed E-state index contributed by atoms with van der Waals surface area (Å²) in [5.41, 5.74) is 0.530. The largest absolute Gasteiger partial charge is 0.484 e. The monoisotopic (exact) mass is 442 g/mol. The minimum atomic E-state index is -3.65. The van der Waals surface area contributed by atoms with E-state index in [1.165, 1.54) is 4.31 Å². The van der Waals surface area contributed by atoms with Crippen LogP contribution in [-0.4, -0.2) is 43.6 Å². The molecule has 1 amide bonds. The summed E-state index contributed by atoms with van der Waals surface area (Å²) in [5, 5.41) is 2.81. The molecule has 0 unspecified atom stereocenters. The fourth-order valence-electron chi connectivity index (χ4n) is 3.03. The van der Waals surface area contributed by atoms with Gasteiger partial charge >= 0.3 is 0 Å². The van der Waals surface area contributed by atoms with Crippen molar-refractivity contribution in [3.05, 3.63) is 73.3 Å². The molecule has 0 atom stereocenters. The number of nitrogens with zero attached hydrogens (tertiary/aromatic N) is 3. The third kappa shape index (κ3) is 6.08. The number of anilines is 1. The summed E-state index contributed by atoms with van der Waals surface area (Å²) in [4.78, 5) is 16.2. The molecule has 0 saturated heterocycles. The zero-order valence-corrected chi connectivity index (χ0v) is 18.2. The Balaban J connectivity index is 1.50. The van der Waals surface area contributed by atoms with Crippen LogP contribution in [0.5, 0.6) is 5.75 Å². The molecule has 164 valence electrons. The van der Waals surface area contributed by atoms with Crippen LogP contribution in [0.2, 0.25) is 0 Å². The smallest absolute Gasteiger partial charge is 0.264 e. The van der Waals surface area contributed by atoms with E-state index < -0.39 is 10.0 Å². The van der Waals surface area contributed by atoms with Crippen molar-refractivity contribution in [2.75, 3.05) is 24.0 Å². The third-order valence-corrected chi connectivity index (χ3v) is 6.50. The first-order chi connectivity index (χ1) is 15.0. The van der Waals surface area contributed by atoms with Gasteiger partial charge < -0.3 is 14.6 Å². The second-order valence-corrected chi connectivity index (χ2v) is 8.63. The van der Waals surface area contributed by atoms with E-state index in [1.54, 1.807) is 74.0 Å². The van der Waals surface area contributed by atoms with Gasteiger partial charge in [-0.1, -0.05) is 18.2 Å². The molecule has 9 heteroatoms. The quantitative estimate of drug-likeness (QED) is 0.461. The minimum Gasteiger partial charge on any atom is -0.484 e. The molecule has 0 saturated carbocycles. The van der Waals surface area contributed by atoms with Crippen LogP contribution >= 0.6 is 0 Å². The molecule has 2 aromatic carbocycles. The predicted molar refractivity (Wildman–Crippen MR) is 118 cm³/mol. The highest BCUT2D eigenvalue weighted by Gasteiger charge is 2.23. The SMILES string of the molecule is CCN(c1ccc(OCC(=O)NCCCn2ccnc2)cc1)S(=O)(=O)c1ccccc1. The summed E-state index contributed by atoms with van der Waals surface area (Å²) < 4.78 is 34.6. The fraction of sp³-hybridized carbons (Fsp3) is 0.273. The van der Waals surface area contributed by atoms with Crippen LogP contribution < -0.4 is 14.4 Å². The highest BCUT2D eigenvalue weighted by Crippen LogP contribution is 2.25. The summed E-state index contributed by atoms with van der Waals surface area (Å²) in [5.74, 6) is 0.280. The first-order valence-corrected chi connectivity index (χ1v) is 11.5. The van der Waals surface area contributed by atoms with Gasteiger partial charge in [0.25, 0.3) is 15.9 Å². The van der Waals surface area contributed by atoms with Gasteiger partial charge in [0.05, 0.1) is 16.9 Å².